The van der Waals surface area contributed by atoms with Crippen LogP contribution in [0.25, 0.3) is 11.0 Å². The minimum atomic E-state index is -3.51. The fourth-order valence-corrected chi connectivity index (χ4v) is 4.54. The summed E-state index contributed by atoms with van der Waals surface area (Å²) in [6.45, 7) is 5.44. The summed E-state index contributed by atoms with van der Waals surface area (Å²) in [6, 6.07) is 15.3. The van der Waals surface area contributed by atoms with Crippen LogP contribution in [0.2, 0.25) is 0 Å². The fraction of sp³-hybridized carbons (Fsp3) is 0.292. The van der Waals surface area contributed by atoms with Gasteiger partial charge in [0.05, 0.1) is 47.1 Å². The van der Waals surface area contributed by atoms with E-state index >= 15 is 0 Å². The van der Waals surface area contributed by atoms with E-state index in [4.69, 9.17) is 0 Å². The maximum Gasteiger partial charge on any atom is 0.253 e. The van der Waals surface area contributed by atoms with E-state index < -0.39 is 10.0 Å². The Bertz CT molecular complexity index is 1420. The standard InChI is InChI=1S/C24H28N6O3S/c1-17-13-18(2)30(27-17)12-10-25-24(31)21-14-20(28-34(3,32)33)15-22-23(21)29(16-26-22)11-9-19-7-5-4-6-8-19/h4-8,13-16,28H,9-12H2,1-3H3,(H,25,31). The average Bonchev–Trinajstić information content (AvgIpc) is 3.33. The third-order valence-corrected chi connectivity index (χ3v) is 6.06. The van der Waals surface area contributed by atoms with E-state index in [2.05, 4.69) is 32.3 Å². The number of carbonyl (C=O) groups is 1. The van der Waals surface area contributed by atoms with Crippen molar-refractivity contribution in [2.75, 3.05) is 17.5 Å². The Morgan fingerprint density at radius 1 is 1.06 bits per heavy atom. The highest BCUT2D eigenvalue weighted by molar-refractivity contribution is 7.92. The van der Waals surface area contributed by atoms with Gasteiger partial charge in [-0.05, 0) is 44.0 Å². The maximum absolute atomic E-state index is 13.2. The minimum absolute atomic E-state index is 0.298. The number of hydrogen-bond acceptors (Lipinski definition) is 5. The third-order valence-electron chi connectivity index (χ3n) is 5.46. The first-order chi connectivity index (χ1) is 16.2. The molecule has 2 aromatic heterocycles. The fourth-order valence-electron chi connectivity index (χ4n) is 3.99. The molecule has 0 spiro atoms. The van der Waals surface area contributed by atoms with Gasteiger partial charge in [0, 0.05) is 18.8 Å². The summed E-state index contributed by atoms with van der Waals surface area (Å²) >= 11 is 0. The van der Waals surface area contributed by atoms with Crippen LogP contribution >= 0.6 is 0 Å². The molecule has 4 aromatic rings. The number of hydrogen-bond donors (Lipinski definition) is 2. The van der Waals surface area contributed by atoms with Gasteiger partial charge in [-0.15, -0.1) is 0 Å². The van der Waals surface area contributed by atoms with Crippen LogP contribution in [0.15, 0.2) is 54.9 Å². The Balaban J connectivity index is 1.61. The van der Waals surface area contributed by atoms with Crippen molar-refractivity contribution >= 4 is 32.7 Å². The average molecular weight is 481 g/mol. The first-order valence-corrected chi connectivity index (χ1v) is 12.9. The van der Waals surface area contributed by atoms with Crippen LogP contribution in [0.3, 0.4) is 0 Å². The van der Waals surface area contributed by atoms with Crippen molar-refractivity contribution in [3.63, 3.8) is 0 Å². The van der Waals surface area contributed by atoms with Crippen LogP contribution in [-0.4, -0.2) is 46.5 Å². The van der Waals surface area contributed by atoms with Gasteiger partial charge in [-0.3, -0.25) is 14.2 Å². The van der Waals surface area contributed by atoms with Gasteiger partial charge in [0.1, 0.15) is 0 Å². The maximum atomic E-state index is 13.2. The molecule has 34 heavy (non-hydrogen) atoms. The van der Waals surface area contributed by atoms with Crippen LogP contribution in [0, 0.1) is 13.8 Å². The van der Waals surface area contributed by atoms with Crippen molar-refractivity contribution in [3.8, 4) is 0 Å². The Kier molecular flexibility index (Phi) is 6.69. The number of aryl methyl sites for hydroxylation is 4. The van der Waals surface area contributed by atoms with Gasteiger partial charge in [0.2, 0.25) is 10.0 Å². The zero-order valence-electron chi connectivity index (χ0n) is 19.4. The topological polar surface area (TPSA) is 111 Å². The molecule has 2 heterocycles. The molecule has 0 saturated carbocycles. The number of benzene rings is 2. The number of amides is 1. The highest BCUT2D eigenvalue weighted by Crippen LogP contribution is 2.25. The van der Waals surface area contributed by atoms with Crippen molar-refractivity contribution in [2.24, 2.45) is 0 Å². The molecule has 2 aromatic carbocycles. The molecular formula is C24H28N6O3S. The Hall–Kier alpha value is -3.66. The van der Waals surface area contributed by atoms with Gasteiger partial charge in [-0.2, -0.15) is 5.10 Å². The van der Waals surface area contributed by atoms with E-state index in [1.54, 1.807) is 18.5 Å². The van der Waals surface area contributed by atoms with Gasteiger partial charge >= 0.3 is 0 Å². The van der Waals surface area contributed by atoms with Crippen molar-refractivity contribution in [1.29, 1.82) is 0 Å². The van der Waals surface area contributed by atoms with Crippen LogP contribution in [0.4, 0.5) is 5.69 Å². The van der Waals surface area contributed by atoms with Crippen molar-refractivity contribution < 1.29 is 13.2 Å². The van der Waals surface area contributed by atoms with Gasteiger partial charge in [-0.25, -0.2) is 13.4 Å². The molecule has 0 aliphatic carbocycles. The summed E-state index contributed by atoms with van der Waals surface area (Å²) in [4.78, 5) is 17.7. The summed E-state index contributed by atoms with van der Waals surface area (Å²) in [5, 5.41) is 7.36. The highest BCUT2D eigenvalue weighted by atomic mass is 32.2. The highest BCUT2D eigenvalue weighted by Gasteiger charge is 2.18. The molecule has 0 aliphatic rings. The van der Waals surface area contributed by atoms with Crippen molar-refractivity contribution in [3.05, 3.63) is 77.4 Å². The van der Waals surface area contributed by atoms with Crippen molar-refractivity contribution in [1.82, 2.24) is 24.6 Å². The van der Waals surface area contributed by atoms with E-state index in [1.807, 2.05) is 47.4 Å². The zero-order chi connectivity index (χ0) is 24.3. The number of nitrogens with zero attached hydrogens (tertiary/aromatic N) is 4. The van der Waals surface area contributed by atoms with E-state index in [9.17, 15) is 13.2 Å². The molecule has 1 amide bonds. The number of rotatable bonds is 9. The smallest absolute Gasteiger partial charge is 0.253 e. The Morgan fingerprint density at radius 3 is 2.50 bits per heavy atom. The molecule has 0 atom stereocenters. The van der Waals surface area contributed by atoms with Crippen LogP contribution < -0.4 is 10.0 Å². The number of imidazole rings is 1. The first kappa shape index (κ1) is 23.5. The van der Waals surface area contributed by atoms with Gasteiger partial charge in [0.15, 0.2) is 0 Å². The molecule has 0 radical (unpaired) electrons. The lowest BCUT2D eigenvalue weighted by atomic mass is 10.1. The number of carbonyl (C=O) groups excluding carboxylic acids is 1. The van der Waals surface area contributed by atoms with E-state index in [0.717, 1.165) is 24.1 Å². The number of nitrogens with one attached hydrogen (secondary N) is 2. The lowest BCUT2D eigenvalue weighted by molar-refractivity contribution is 0.0953. The van der Waals surface area contributed by atoms with Crippen molar-refractivity contribution in [2.45, 2.75) is 33.4 Å². The summed E-state index contributed by atoms with van der Waals surface area (Å²) < 4.78 is 29.8. The number of aromatic nitrogens is 4. The molecule has 0 unspecified atom stereocenters. The molecule has 0 saturated heterocycles. The molecular weight excluding hydrogens is 452 g/mol. The van der Waals surface area contributed by atoms with Gasteiger partial charge < -0.3 is 9.88 Å². The SMILES string of the molecule is Cc1cc(C)n(CCNC(=O)c2cc(NS(C)(=O)=O)cc3ncn(CCc4ccccc4)c23)n1. The predicted molar refractivity (Wildman–Crippen MR) is 132 cm³/mol. The monoisotopic (exact) mass is 480 g/mol. The molecule has 178 valence electrons. The Morgan fingerprint density at radius 2 is 1.82 bits per heavy atom. The lowest BCUT2D eigenvalue weighted by Crippen LogP contribution is -2.28. The second-order valence-electron chi connectivity index (χ2n) is 8.35. The number of fused-ring (bicyclic) bond motifs is 1. The minimum Gasteiger partial charge on any atom is -0.350 e. The van der Waals surface area contributed by atoms with E-state index in [-0.39, 0.29) is 5.91 Å². The summed E-state index contributed by atoms with van der Waals surface area (Å²) in [6.07, 6.45) is 3.53. The Labute approximate surface area is 198 Å². The van der Waals surface area contributed by atoms with Gasteiger partial charge in [0.25, 0.3) is 5.91 Å². The molecule has 0 bridgehead atoms. The molecule has 4 rings (SSSR count). The summed E-state index contributed by atoms with van der Waals surface area (Å²) in [5.74, 6) is -0.301. The second kappa shape index (κ2) is 9.68. The summed E-state index contributed by atoms with van der Waals surface area (Å²) in [5.41, 5.74) is 4.99. The second-order valence-corrected chi connectivity index (χ2v) is 10.1. The molecule has 9 nitrogen and oxygen atoms in total. The zero-order valence-corrected chi connectivity index (χ0v) is 20.3. The van der Waals surface area contributed by atoms with Crippen LogP contribution in [-0.2, 0) is 29.5 Å². The van der Waals surface area contributed by atoms with E-state index in [0.29, 0.717) is 41.9 Å². The van der Waals surface area contributed by atoms with Crippen LogP contribution in [0.5, 0.6) is 0 Å². The van der Waals surface area contributed by atoms with E-state index in [1.165, 1.54) is 5.56 Å². The number of sulfonamides is 1. The van der Waals surface area contributed by atoms with Crippen LogP contribution in [0.1, 0.15) is 27.3 Å². The first-order valence-electron chi connectivity index (χ1n) is 11.0. The quantitative estimate of drug-likeness (QED) is 0.383. The molecule has 0 aliphatic heterocycles. The molecule has 0 fully saturated rings. The van der Waals surface area contributed by atoms with Gasteiger partial charge in [-0.1, -0.05) is 30.3 Å². The predicted octanol–water partition coefficient (Wildman–Crippen LogP) is 2.89. The lowest BCUT2D eigenvalue weighted by Gasteiger charge is -2.13. The molecule has 10 heteroatoms. The third kappa shape index (κ3) is 5.63. The largest absolute Gasteiger partial charge is 0.350 e. The normalized spacial score (nSPS) is 11.6. The molecule has 2 N–H and O–H groups in total. The summed E-state index contributed by atoms with van der Waals surface area (Å²) in [7, 11) is -3.51. The number of anilines is 1.